The van der Waals surface area contributed by atoms with Crippen LogP contribution in [0.25, 0.3) is 0 Å². The van der Waals surface area contributed by atoms with Crippen molar-refractivity contribution in [2.45, 2.75) is 6.04 Å². The van der Waals surface area contributed by atoms with Crippen LogP contribution in [0.2, 0.25) is 5.02 Å². The van der Waals surface area contributed by atoms with E-state index in [1.807, 2.05) is 0 Å². The van der Waals surface area contributed by atoms with Crippen LogP contribution < -0.4 is 5.73 Å². The molecule has 4 N–H and O–H groups in total. The van der Waals surface area contributed by atoms with E-state index in [1.54, 1.807) is 12.1 Å². The number of aliphatic hydroxyl groups excluding tert-OH is 1. The quantitative estimate of drug-likeness (QED) is 0.765. The molecule has 72 valence electrons. The summed E-state index contributed by atoms with van der Waals surface area (Å²) in [5.41, 5.74) is 5.98. The van der Waals surface area contributed by atoms with E-state index in [0.717, 1.165) is 0 Å². The van der Waals surface area contributed by atoms with Crippen LogP contribution in [0.4, 0.5) is 0 Å². The molecule has 0 aliphatic carbocycles. The summed E-state index contributed by atoms with van der Waals surface area (Å²) < 4.78 is 0.717. The Balaban J connectivity index is 3.20. The fourth-order valence-corrected chi connectivity index (χ4v) is 1.80. The Bertz CT molecular complexity index is 319. The van der Waals surface area contributed by atoms with Gasteiger partial charge in [0, 0.05) is 10.0 Å². The summed E-state index contributed by atoms with van der Waals surface area (Å²) in [4.78, 5) is 0. The fraction of sp³-hybridized carbons (Fsp3) is 0.250. The molecule has 1 atom stereocenters. The van der Waals surface area contributed by atoms with Crippen LogP contribution in [0.5, 0.6) is 5.75 Å². The maximum atomic E-state index is 9.48. The molecule has 0 fully saturated rings. The highest BCUT2D eigenvalue weighted by Gasteiger charge is 2.13. The third-order valence-electron chi connectivity index (χ3n) is 1.65. The molecular formula is C8H9BrClNO2. The average molecular weight is 267 g/mol. The lowest BCUT2D eigenvalue weighted by molar-refractivity contribution is 0.265. The Hall–Kier alpha value is -0.290. The molecule has 5 heteroatoms. The van der Waals surface area contributed by atoms with Crippen molar-refractivity contribution in [3.05, 3.63) is 27.2 Å². The minimum absolute atomic E-state index is 0.0774. The average Bonchev–Trinajstić information content (AvgIpc) is 2.10. The van der Waals surface area contributed by atoms with Gasteiger partial charge in [-0.3, -0.25) is 0 Å². The Morgan fingerprint density at radius 3 is 2.69 bits per heavy atom. The van der Waals surface area contributed by atoms with Crippen LogP contribution in [-0.4, -0.2) is 16.8 Å². The zero-order valence-corrected chi connectivity index (χ0v) is 9.01. The number of rotatable bonds is 2. The second-order valence-corrected chi connectivity index (χ2v) is 3.94. The normalized spacial score (nSPS) is 12.9. The standard InChI is InChI=1S/C8H9BrClNO2/c9-4-1-5(7(11)3-12)8(13)6(10)2-4/h1-2,7,12-13H,3,11H2. The number of hydrogen-bond acceptors (Lipinski definition) is 3. The lowest BCUT2D eigenvalue weighted by atomic mass is 10.1. The smallest absolute Gasteiger partial charge is 0.139 e. The Morgan fingerprint density at radius 1 is 1.54 bits per heavy atom. The second-order valence-electron chi connectivity index (χ2n) is 2.61. The van der Waals surface area contributed by atoms with Crippen LogP contribution >= 0.6 is 27.5 Å². The van der Waals surface area contributed by atoms with E-state index >= 15 is 0 Å². The van der Waals surface area contributed by atoms with E-state index in [0.29, 0.717) is 10.0 Å². The Kier molecular flexibility index (Phi) is 3.55. The minimum Gasteiger partial charge on any atom is -0.506 e. The highest BCUT2D eigenvalue weighted by Crippen LogP contribution is 2.33. The molecule has 0 bridgehead atoms. The van der Waals surface area contributed by atoms with Gasteiger partial charge in [0.2, 0.25) is 0 Å². The first-order valence-electron chi connectivity index (χ1n) is 3.60. The van der Waals surface area contributed by atoms with Crippen molar-refractivity contribution in [3.8, 4) is 5.75 Å². The fourth-order valence-electron chi connectivity index (χ4n) is 0.967. The van der Waals surface area contributed by atoms with Crippen molar-refractivity contribution in [1.82, 2.24) is 0 Å². The van der Waals surface area contributed by atoms with Crippen molar-refractivity contribution in [2.75, 3.05) is 6.61 Å². The predicted octanol–water partition coefficient (Wildman–Crippen LogP) is 1.80. The molecule has 0 aliphatic rings. The van der Waals surface area contributed by atoms with Gasteiger partial charge in [0.05, 0.1) is 17.7 Å². The highest BCUT2D eigenvalue weighted by molar-refractivity contribution is 9.10. The van der Waals surface area contributed by atoms with Crippen LogP contribution in [0.1, 0.15) is 11.6 Å². The summed E-state index contributed by atoms with van der Waals surface area (Å²) >= 11 is 8.91. The summed E-state index contributed by atoms with van der Waals surface area (Å²) in [6.07, 6.45) is 0. The summed E-state index contributed by atoms with van der Waals surface area (Å²) in [5, 5.41) is 18.5. The number of phenolic OH excluding ortho intramolecular Hbond substituents is 1. The van der Waals surface area contributed by atoms with E-state index in [9.17, 15) is 5.11 Å². The van der Waals surface area contributed by atoms with Crippen molar-refractivity contribution in [3.63, 3.8) is 0 Å². The van der Waals surface area contributed by atoms with Crippen LogP contribution in [-0.2, 0) is 0 Å². The maximum absolute atomic E-state index is 9.48. The molecule has 1 aromatic carbocycles. The molecule has 0 aliphatic heterocycles. The van der Waals surface area contributed by atoms with Crippen molar-refractivity contribution < 1.29 is 10.2 Å². The summed E-state index contributed by atoms with van der Waals surface area (Å²) in [6, 6.07) is 2.57. The highest BCUT2D eigenvalue weighted by atomic mass is 79.9. The molecule has 1 rings (SSSR count). The van der Waals surface area contributed by atoms with Gasteiger partial charge >= 0.3 is 0 Å². The molecule has 0 heterocycles. The predicted molar refractivity (Wildman–Crippen MR) is 54.8 cm³/mol. The van der Waals surface area contributed by atoms with Gasteiger partial charge in [0.15, 0.2) is 0 Å². The zero-order valence-electron chi connectivity index (χ0n) is 6.67. The number of nitrogens with two attached hydrogens (primary N) is 1. The Labute approximate surface area is 89.3 Å². The molecule has 1 aromatic rings. The van der Waals surface area contributed by atoms with Gasteiger partial charge in [-0.25, -0.2) is 0 Å². The molecule has 0 radical (unpaired) electrons. The molecule has 0 amide bonds. The van der Waals surface area contributed by atoms with Crippen LogP contribution in [0.15, 0.2) is 16.6 Å². The summed E-state index contributed by atoms with van der Waals surface area (Å²) in [5.74, 6) is -0.0774. The number of aromatic hydroxyl groups is 1. The van der Waals surface area contributed by atoms with Crippen molar-refractivity contribution in [2.24, 2.45) is 5.73 Å². The molecule has 0 saturated heterocycles. The number of benzene rings is 1. The third kappa shape index (κ3) is 2.34. The maximum Gasteiger partial charge on any atom is 0.139 e. The van der Waals surface area contributed by atoms with Gasteiger partial charge in [-0.2, -0.15) is 0 Å². The molecule has 13 heavy (non-hydrogen) atoms. The zero-order chi connectivity index (χ0) is 10.0. The van der Waals surface area contributed by atoms with Gasteiger partial charge in [0.25, 0.3) is 0 Å². The molecule has 3 nitrogen and oxygen atoms in total. The third-order valence-corrected chi connectivity index (χ3v) is 2.40. The van der Waals surface area contributed by atoms with E-state index < -0.39 is 6.04 Å². The van der Waals surface area contributed by atoms with Crippen molar-refractivity contribution in [1.29, 1.82) is 0 Å². The first kappa shape index (κ1) is 10.8. The largest absolute Gasteiger partial charge is 0.506 e. The molecule has 1 unspecified atom stereocenters. The molecular weight excluding hydrogens is 257 g/mol. The molecule has 0 spiro atoms. The van der Waals surface area contributed by atoms with Gasteiger partial charge in [0.1, 0.15) is 5.75 Å². The van der Waals surface area contributed by atoms with E-state index in [-0.39, 0.29) is 17.4 Å². The number of halogens is 2. The van der Waals surface area contributed by atoms with Crippen molar-refractivity contribution >= 4 is 27.5 Å². The van der Waals surface area contributed by atoms with Gasteiger partial charge in [-0.05, 0) is 12.1 Å². The van der Waals surface area contributed by atoms with Gasteiger partial charge in [-0.1, -0.05) is 27.5 Å². The van der Waals surface area contributed by atoms with E-state index in [1.165, 1.54) is 0 Å². The monoisotopic (exact) mass is 265 g/mol. The van der Waals surface area contributed by atoms with E-state index in [4.69, 9.17) is 22.4 Å². The first-order chi connectivity index (χ1) is 6.06. The summed E-state index contributed by atoms with van der Waals surface area (Å²) in [7, 11) is 0. The van der Waals surface area contributed by atoms with E-state index in [2.05, 4.69) is 15.9 Å². The van der Waals surface area contributed by atoms with Gasteiger partial charge < -0.3 is 15.9 Å². The second kappa shape index (κ2) is 4.28. The van der Waals surface area contributed by atoms with Gasteiger partial charge in [-0.15, -0.1) is 0 Å². The molecule has 0 aromatic heterocycles. The minimum atomic E-state index is -0.616. The summed E-state index contributed by atoms with van der Waals surface area (Å²) in [6.45, 7) is -0.236. The topological polar surface area (TPSA) is 66.5 Å². The molecule has 0 saturated carbocycles. The SMILES string of the molecule is NC(CO)c1cc(Br)cc(Cl)c1O. The first-order valence-corrected chi connectivity index (χ1v) is 4.77. The number of hydrogen-bond donors (Lipinski definition) is 3. The Morgan fingerprint density at radius 2 is 2.15 bits per heavy atom. The number of phenols is 1. The van der Waals surface area contributed by atoms with Crippen LogP contribution in [0.3, 0.4) is 0 Å². The van der Waals surface area contributed by atoms with Crippen LogP contribution in [0, 0.1) is 0 Å². The lowest BCUT2D eigenvalue weighted by Gasteiger charge is -2.12. The lowest BCUT2D eigenvalue weighted by Crippen LogP contribution is -2.14. The number of aliphatic hydroxyl groups is 1.